The number of rotatable bonds is 11. The zero-order valence-electron chi connectivity index (χ0n) is 22.6. The molecular formula is C31H33BrN4O3. The first kappa shape index (κ1) is 28.1. The molecule has 0 atom stereocenters. The van der Waals surface area contributed by atoms with Gasteiger partial charge in [-0.15, -0.1) is 0 Å². The summed E-state index contributed by atoms with van der Waals surface area (Å²) in [6.07, 6.45) is 4.44. The van der Waals surface area contributed by atoms with Crippen LogP contribution in [0.25, 0.3) is 16.9 Å². The van der Waals surface area contributed by atoms with Crippen LogP contribution >= 0.6 is 15.9 Å². The van der Waals surface area contributed by atoms with Gasteiger partial charge in [-0.1, -0.05) is 54.9 Å². The van der Waals surface area contributed by atoms with E-state index in [1.54, 1.807) is 10.9 Å². The highest BCUT2D eigenvalue weighted by Crippen LogP contribution is 2.32. The lowest BCUT2D eigenvalue weighted by molar-refractivity contribution is -0.123. The zero-order chi connectivity index (χ0) is 27.8. The topological polar surface area (TPSA) is 77.7 Å². The van der Waals surface area contributed by atoms with Crippen molar-refractivity contribution in [3.05, 3.63) is 94.1 Å². The summed E-state index contributed by atoms with van der Waals surface area (Å²) in [4.78, 5) is 12.6. The van der Waals surface area contributed by atoms with E-state index < -0.39 is 0 Å². The van der Waals surface area contributed by atoms with Crippen molar-refractivity contribution >= 4 is 28.1 Å². The molecule has 0 aliphatic carbocycles. The molecule has 1 N–H and O–H groups in total. The summed E-state index contributed by atoms with van der Waals surface area (Å²) >= 11 is 3.57. The number of aromatic nitrogens is 2. The van der Waals surface area contributed by atoms with Crippen LogP contribution in [0, 0.1) is 6.92 Å². The maximum atomic E-state index is 12.6. The van der Waals surface area contributed by atoms with Gasteiger partial charge in [0.1, 0.15) is 17.2 Å². The third kappa shape index (κ3) is 7.35. The fourth-order valence-electron chi connectivity index (χ4n) is 3.94. The summed E-state index contributed by atoms with van der Waals surface area (Å²) < 4.78 is 14.4. The monoisotopic (exact) mass is 588 g/mol. The van der Waals surface area contributed by atoms with Gasteiger partial charge in [0.05, 0.1) is 18.5 Å². The zero-order valence-corrected chi connectivity index (χ0v) is 24.2. The van der Waals surface area contributed by atoms with Gasteiger partial charge in [-0.05, 0) is 78.9 Å². The Labute approximate surface area is 238 Å². The van der Waals surface area contributed by atoms with E-state index in [1.165, 1.54) is 0 Å². The number of nitrogens with zero attached hydrogens (tertiary/aromatic N) is 3. The molecule has 0 aliphatic rings. The Morgan fingerprint density at radius 3 is 2.54 bits per heavy atom. The molecule has 1 aromatic heterocycles. The van der Waals surface area contributed by atoms with Gasteiger partial charge in [-0.2, -0.15) is 10.2 Å². The van der Waals surface area contributed by atoms with Gasteiger partial charge < -0.3 is 9.47 Å². The summed E-state index contributed by atoms with van der Waals surface area (Å²) in [6, 6.07) is 21.6. The summed E-state index contributed by atoms with van der Waals surface area (Å²) in [5.74, 6) is 1.41. The van der Waals surface area contributed by atoms with E-state index >= 15 is 0 Å². The van der Waals surface area contributed by atoms with Gasteiger partial charge in [-0.25, -0.2) is 10.1 Å². The highest BCUT2D eigenvalue weighted by molar-refractivity contribution is 9.10. The fraction of sp³-hybridized carbons (Fsp3) is 0.258. The SMILES string of the molecule is CCCOc1ccc(-c2nn(-c3ccccc3)cc2/C=N/NC(=O)COc2cc(C)c(Br)cc2C(C)C)cc1. The van der Waals surface area contributed by atoms with E-state index in [2.05, 4.69) is 47.2 Å². The number of benzene rings is 3. The maximum absolute atomic E-state index is 12.6. The van der Waals surface area contributed by atoms with Crippen LogP contribution in [0.4, 0.5) is 0 Å². The van der Waals surface area contributed by atoms with Crippen LogP contribution in [0.5, 0.6) is 11.5 Å². The summed E-state index contributed by atoms with van der Waals surface area (Å²) in [5, 5.41) is 9.01. The standard InChI is InChI=1S/C31H33BrN4O3/c1-5-15-38-26-13-11-23(12-14-26)31-24(19-36(35-31)25-9-7-6-8-10-25)18-33-34-30(37)20-39-29-16-22(4)28(32)17-27(29)21(2)3/h6-14,16-19,21H,5,15,20H2,1-4H3,(H,34,37)/b33-18+. The van der Waals surface area contributed by atoms with Crippen molar-refractivity contribution in [2.75, 3.05) is 13.2 Å². The van der Waals surface area contributed by atoms with Crippen molar-refractivity contribution in [2.45, 2.75) is 40.0 Å². The number of amides is 1. The molecule has 7 nitrogen and oxygen atoms in total. The molecule has 202 valence electrons. The summed E-state index contributed by atoms with van der Waals surface area (Å²) in [7, 11) is 0. The maximum Gasteiger partial charge on any atom is 0.277 e. The first-order valence-corrected chi connectivity index (χ1v) is 13.8. The molecule has 4 rings (SSSR count). The average molecular weight is 590 g/mol. The van der Waals surface area contributed by atoms with Gasteiger partial charge in [0.2, 0.25) is 0 Å². The molecule has 39 heavy (non-hydrogen) atoms. The second kappa shape index (κ2) is 13.2. The van der Waals surface area contributed by atoms with Crippen LogP contribution in [0.1, 0.15) is 49.8 Å². The van der Waals surface area contributed by atoms with E-state index in [0.717, 1.165) is 50.3 Å². The van der Waals surface area contributed by atoms with E-state index in [0.29, 0.717) is 12.4 Å². The molecule has 0 saturated carbocycles. The van der Waals surface area contributed by atoms with Crippen LogP contribution in [0.3, 0.4) is 0 Å². The minimum atomic E-state index is -0.351. The highest BCUT2D eigenvalue weighted by atomic mass is 79.9. The Kier molecular flexibility index (Phi) is 9.54. The first-order valence-electron chi connectivity index (χ1n) is 13.0. The van der Waals surface area contributed by atoms with Crippen molar-refractivity contribution in [3.8, 4) is 28.4 Å². The van der Waals surface area contributed by atoms with Gasteiger partial charge in [0.25, 0.3) is 5.91 Å². The first-order chi connectivity index (χ1) is 18.9. The Balaban J connectivity index is 1.49. The second-order valence-electron chi connectivity index (χ2n) is 9.46. The molecule has 4 aromatic rings. The van der Waals surface area contributed by atoms with Crippen LogP contribution in [-0.2, 0) is 4.79 Å². The van der Waals surface area contributed by atoms with Crippen molar-refractivity contribution < 1.29 is 14.3 Å². The van der Waals surface area contributed by atoms with Gasteiger partial charge >= 0.3 is 0 Å². The predicted octanol–water partition coefficient (Wildman–Crippen LogP) is 7.05. The molecule has 0 saturated heterocycles. The molecule has 1 heterocycles. The quantitative estimate of drug-likeness (QED) is 0.150. The Bertz CT molecular complexity index is 1430. The van der Waals surface area contributed by atoms with E-state index in [1.807, 2.05) is 79.9 Å². The van der Waals surface area contributed by atoms with Crippen LogP contribution in [-0.4, -0.2) is 35.1 Å². The minimum absolute atomic E-state index is 0.145. The lowest BCUT2D eigenvalue weighted by atomic mass is 10.0. The van der Waals surface area contributed by atoms with Gasteiger partial charge in [-0.3, -0.25) is 4.79 Å². The molecule has 0 radical (unpaired) electrons. The number of carbonyl (C=O) groups excluding carboxylic acids is 1. The lowest BCUT2D eigenvalue weighted by Crippen LogP contribution is -2.25. The van der Waals surface area contributed by atoms with Crippen molar-refractivity contribution in [3.63, 3.8) is 0 Å². The number of hydrazone groups is 1. The highest BCUT2D eigenvalue weighted by Gasteiger charge is 2.14. The number of aryl methyl sites for hydroxylation is 1. The predicted molar refractivity (Wildman–Crippen MR) is 159 cm³/mol. The largest absolute Gasteiger partial charge is 0.494 e. The smallest absolute Gasteiger partial charge is 0.277 e. The van der Waals surface area contributed by atoms with Crippen LogP contribution in [0.2, 0.25) is 0 Å². The fourth-order valence-corrected chi connectivity index (χ4v) is 4.31. The van der Waals surface area contributed by atoms with Crippen LogP contribution < -0.4 is 14.9 Å². The summed E-state index contributed by atoms with van der Waals surface area (Å²) in [6.45, 7) is 8.77. The van der Waals surface area contributed by atoms with Crippen molar-refractivity contribution in [2.24, 2.45) is 5.10 Å². The molecular weight excluding hydrogens is 556 g/mol. The molecule has 0 spiro atoms. The number of nitrogens with one attached hydrogen (secondary N) is 1. The normalized spacial score (nSPS) is 11.2. The molecule has 0 bridgehead atoms. The van der Waals surface area contributed by atoms with E-state index in [9.17, 15) is 4.79 Å². The van der Waals surface area contributed by atoms with E-state index in [4.69, 9.17) is 14.6 Å². The number of hydrogen-bond acceptors (Lipinski definition) is 5. The van der Waals surface area contributed by atoms with E-state index in [-0.39, 0.29) is 18.4 Å². The number of para-hydroxylation sites is 1. The number of ether oxygens (including phenoxy) is 2. The lowest BCUT2D eigenvalue weighted by Gasteiger charge is -2.15. The van der Waals surface area contributed by atoms with Gasteiger partial charge in [0.15, 0.2) is 6.61 Å². The molecule has 1 amide bonds. The Morgan fingerprint density at radius 2 is 1.85 bits per heavy atom. The average Bonchev–Trinajstić information content (AvgIpc) is 3.37. The van der Waals surface area contributed by atoms with Crippen molar-refractivity contribution in [1.29, 1.82) is 0 Å². The summed E-state index contributed by atoms with van der Waals surface area (Å²) in [5.41, 5.74) is 7.98. The third-order valence-corrected chi connectivity index (χ3v) is 6.88. The molecule has 0 fully saturated rings. The number of carbonyl (C=O) groups is 1. The molecule has 8 heteroatoms. The van der Waals surface area contributed by atoms with Gasteiger partial charge in [0, 0.05) is 21.8 Å². The number of hydrogen-bond donors (Lipinski definition) is 1. The Hall–Kier alpha value is -3.91. The third-order valence-electron chi connectivity index (χ3n) is 6.03. The molecule has 3 aromatic carbocycles. The second-order valence-corrected chi connectivity index (χ2v) is 10.3. The molecule has 0 aliphatic heterocycles. The number of halogens is 1. The Morgan fingerprint density at radius 1 is 1.10 bits per heavy atom. The minimum Gasteiger partial charge on any atom is -0.494 e. The van der Waals surface area contributed by atoms with Crippen LogP contribution in [0.15, 0.2) is 82.5 Å². The molecule has 0 unspecified atom stereocenters. The van der Waals surface area contributed by atoms with Crippen molar-refractivity contribution in [1.82, 2.24) is 15.2 Å².